The molecule has 0 bridgehead atoms. The summed E-state index contributed by atoms with van der Waals surface area (Å²) in [6, 6.07) is -2.44. The van der Waals surface area contributed by atoms with Gasteiger partial charge in [-0.1, -0.05) is 0 Å². The number of rotatable bonds is 5. The van der Waals surface area contributed by atoms with Crippen molar-refractivity contribution in [3.63, 3.8) is 0 Å². The van der Waals surface area contributed by atoms with Crippen LogP contribution < -0.4 is 80.4 Å². The molecule has 0 saturated heterocycles. The first kappa shape index (κ1) is 20.6. The molecule has 0 spiro atoms. The monoisotopic (exact) mass is 234 g/mol. The molecule has 74 valence electrons. The minimum absolute atomic E-state index is 0. The van der Waals surface area contributed by atoms with Gasteiger partial charge in [0, 0.05) is 5.97 Å². The molecule has 0 radical (unpaired) electrons. The van der Waals surface area contributed by atoms with Gasteiger partial charge in [0.2, 0.25) is 0 Å². The van der Waals surface area contributed by atoms with Crippen molar-refractivity contribution in [3.8, 4) is 0 Å². The molecular formula is C6H8N2Na2O5. The summed E-state index contributed by atoms with van der Waals surface area (Å²) in [7, 11) is 0. The van der Waals surface area contributed by atoms with Gasteiger partial charge in [0.05, 0.1) is 12.0 Å². The first-order chi connectivity index (χ1) is 5.93. The van der Waals surface area contributed by atoms with Crippen molar-refractivity contribution >= 4 is 18.0 Å². The molecule has 2 amide bonds. The predicted octanol–water partition coefficient (Wildman–Crippen LogP) is -9.69. The first-order valence-corrected chi connectivity index (χ1v) is 3.40. The number of carbonyl (C=O) groups is 3. The molecule has 3 N–H and O–H groups in total. The van der Waals surface area contributed by atoms with Gasteiger partial charge in [0.15, 0.2) is 0 Å². The zero-order valence-electron chi connectivity index (χ0n) is 8.61. The van der Waals surface area contributed by atoms with Crippen molar-refractivity contribution in [1.29, 1.82) is 0 Å². The van der Waals surface area contributed by atoms with Gasteiger partial charge in [0.25, 0.3) is 0 Å². The Balaban J connectivity index is -0.000000720. The van der Waals surface area contributed by atoms with E-state index in [0.29, 0.717) is 0 Å². The molecule has 0 aliphatic rings. The Morgan fingerprint density at radius 2 is 1.67 bits per heavy atom. The summed E-state index contributed by atoms with van der Waals surface area (Å²) in [5, 5.41) is 22.0. The number of aliphatic carboxylic acids is 2. The SMILES string of the molecule is NC(=O)N[C@@H](CCC(=O)[O-])C(=O)[O-].[Na+].[Na+]. The van der Waals surface area contributed by atoms with E-state index in [9.17, 15) is 24.6 Å². The van der Waals surface area contributed by atoms with Crippen LogP contribution in [0.25, 0.3) is 0 Å². The van der Waals surface area contributed by atoms with Crippen molar-refractivity contribution in [2.45, 2.75) is 18.9 Å². The number of nitrogens with two attached hydrogens (primary N) is 1. The number of primary amides is 1. The van der Waals surface area contributed by atoms with Crippen LogP contribution in [0.4, 0.5) is 4.79 Å². The molecule has 0 aromatic carbocycles. The average Bonchev–Trinajstić information content (AvgIpc) is 1.96. The van der Waals surface area contributed by atoms with E-state index >= 15 is 0 Å². The maximum atomic E-state index is 10.3. The Morgan fingerprint density at radius 1 is 1.20 bits per heavy atom. The molecule has 1 atom stereocenters. The summed E-state index contributed by atoms with van der Waals surface area (Å²) in [6.07, 6.45) is -0.799. The summed E-state index contributed by atoms with van der Waals surface area (Å²) < 4.78 is 0. The van der Waals surface area contributed by atoms with Gasteiger partial charge >= 0.3 is 65.1 Å². The average molecular weight is 234 g/mol. The van der Waals surface area contributed by atoms with Crippen LogP contribution in [0.3, 0.4) is 0 Å². The number of amides is 2. The standard InChI is InChI=1S/C6H10N2O5.2Na/c7-6(13)8-3(5(11)12)1-2-4(9)10;;/h3H,1-2H2,(H,9,10)(H,11,12)(H3,7,8,13);;/q;2*+1/p-2/t3-;;/m0../s1. The molecule has 0 aliphatic carbocycles. The Labute approximate surface area is 130 Å². The van der Waals surface area contributed by atoms with Crippen molar-refractivity contribution in [2.24, 2.45) is 5.73 Å². The van der Waals surface area contributed by atoms with Crippen molar-refractivity contribution < 1.29 is 83.7 Å². The number of hydrogen-bond donors (Lipinski definition) is 2. The maximum absolute atomic E-state index is 10.3. The van der Waals surface area contributed by atoms with Gasteiger partial charge in [0.1, 0.15) is 0 Å². The molecule has 0 rings (SSSR count). The zero-order valence-corrected chi connectivity index (χ0v) is 12.6. The van der Waals surface area contributed by atoms with Crippen LogP contribution in [0, 0.1) is 0 Å². The third-order valence-electron chi connectivity index (χ3n) is 1.24. The van der Waals surface area contributed by atoms with E-state index in [0.717, 1.165) is 0 Å². The van der Waals surface area contributed by atoms with Crippen LogP contribution in [-0.2, 0) is 9.59 Å². The van der Waals surface area contributed by atoms with Crippen molar-refractivity contribution in [3.05, 3.63) is 0 Å². The van der Waals surface area contributed by atoms with E-state index < -0.39 is 30.4 Å². The summed E-state index contributed by atoms with van der Waals surface area (Å²) in [5.41, 5.74) is 4.63. The quantitative estimate of drug-likeness (QED) is 0.455. The van der Waals surface area contributed by atoms with E-state index in [2.05, 4.69) is 5.73 Å². The van der Waals surface area contributed by atoms with Gasteiger partial charge in [-0.3, -0.25) is 0 Å². The summed E-state index contributed by atoms with van der Waals surface area (Å²) in [6.45, 7) is 0. The second kappa shape index (κ2) is 10.7. The van der Waals surface area contributed by atoms with Gasteiger partial charge < -0.3 is 30.9 Å². The summed E-state index contributed by atoms with van der Waals surface area (Å²) in [4.78, 5) is 30.4. The van der Waals surface area contributed by atoms with E-state index in [1.54, 1.807) is 0 Å². The Bertz CT molecular complexity index is 236. The fourth-order valence-electron chi connectivity index (χ4n) is 0.683. The topological polar surface area (TPSA) is 135 Å². The molecule has 7 nitrogen and oxygen atoms in total. The van der Waals surface area contributed by atoms with E-state index in [1.807, 2.05) is 5.32 Å². The molecule has 0 unspecified atom stereocenters. The Hall–Kier alpha value is 0.210. The molecule has 0 aliphatic heterocycles. The van der Waals surface area contributed by atoms with Crippen LogP contribution in [0.2, 0.25) is 0 Å². The number of nitrogens with one attached hydrogen (secondary N) is 1. The largest absolute Gasteiger partial charge is 1.00 e. The van der Waals surface area contributed by atoms with Gasteiger partial charge in [-0.25, -0.2) is 4.79 Å². The number of urea groups is 1. The Kier molecular flexibility index (Phi) is 14.7. The van der Waals surface area contributed by atoms with E-state index in [1.165, 1.54) is 0 Å². The number of hydrogen-bond acceptors (Lipinski definition) is 5. The minimum Gasteiger partial charge on any atom is -0.550 e. The molecule has 9 heteroatoms. The minimum atomic E-state index is -1.58. The van der Waals surface area contributed by atoms with Gasteiger partial charge in [-0.15, -0.1) is 0 Å². The maximum Gasteiger partial charge on any atom is 1.00 e. The number of carboxylic acids is 2. The third kappa shape index (κ3) is 12.1. The molecule has 0 aromatic rings. The van der Waals surface area contributed by atoms with Crippen LogP contribution in [0.5, 0.6) is 0 Å². The first-order valence-electron chi connectivity index (χ1n) is 3.40. The van der Waals surface area contributed by atoms with Crippen LogP contribution in [-0.4, -0.2) is 24.0 Å². The third-order valence-corrected chi connectivity index (χ3v) is 1.24. The normalized spacial score (nSPS) is 10.1. The number of carboxylic acid groups (broad SMARTS) is 2. The number of carbonyl (C=O) groups excluding carboxylic acids is 3. The molecule has 0 heterocycles. The molecule has 15 heavy (non-hydrogen) atoms. The van der Waals surface area contributed by atoms with Crippen molar-refractivity contribution in [2.75, 3.05) is 0 Å². The second-order valence-corrected chi connectivity index (χ2v) is 2.29. The fraction of sp³-hybridized carbons (Fsp3) is 0.500. The smallest absolute Gasteiger partial charge is 0.550 e. The zero-order chi connectivity index (χ0) is 10.4. The molecule has 0 aromatic heterocycles. The molecular weight excluding hydrogens is 226 g/mol. The van der Waals surface area contributed by atoms with Crippen LogP contribution >= 0.6 is 0 Å². The van der Waals surface area contributed by atoms with Crippen molar-refractivity contribution in [1.82, 2.24) is 5.32 Å². The fourth-order valence-corrected chi connectivity index (χ4v) is 0.683. The van der Waals surface area contributed by atoms with E-state index in [-0.39, 0.29) is 65.5 Å². The summed E-state index contributed by atoms with van der Waals surface area (Å²) in [5.74, 6) is -2.99. The second-order valence-electron chi connectivity index (χ2n) is 2.29. The predicted molar refractivity (Wildman–Crippen MR) is 35.8 cm³/mol. The Morgan fingerprint density at radius 3 is 1.93 bits per heavy atom. The molecule has 0 fully saturated rings. The molecule has 0 saturated carbocycles. The van der Waals surface area contributed by atoms with Gasteiger partial charge in [-0.2, -0.15) is 0 Å². The van der Waals surface area contributed by atoms with Gasteiger partial charge in [-0.05, 0) is 12.8 Å². The van der Waals surface area contributed by atoms with Crippen LogP contribution in [0.15, 0.2) is 0 Å². The van der Waals surface area contributed by atoms with Crippen LogP contribution in [0.1, 0.15) is 12.8 Å². The van der Waals surface area contributed by atoms with E-state index in [4.69, 9.17) is 0 Å². The summed E-state index contributed by atoms with van der Waals surface area (Å²) >= 11 is 0.